The van der Waals surface area contributed by atoms with E-state index in [0.29, 0.717) is 0 Å². The van der Waals surface area contributed by atoms with Gasteiger partial charge in [0.05, 0.1) is 37.0 Å². The van der Waals surface area contributed by atoms with Crippen molar-refractivity contribution in [2.45, 2.75) is 352 Å². The largest absolute Gasteiger partial charge is 0.317 e. The third-order valence-electron chi connectivity index (χ3n) is 23.2. The second-order valence-corrected chi connectivity index (χ2v) is 31.9. The Morgan fingerprint density at radius 3 is 0.471 bits per heavy atom. The SMILES string of the molecule is CCCCCCNCCCN1Cc2ccc(cc2)CN(CCCNCCCCCC)C(C)N2C(C)N(CCCNCCCCCC)Cc3ccc(cc3)CN(CCCNCCCCCC)C(C)N(C1C)C(C)N(CCCNCCCCCC)Cc1ccc(cc1)CN(CCCNCCCCCC)C2C. The Balaban J connectivity index is 1.76. The van der Waals surface area contributed by atoms with Gasteiger partial charge in [0.15, 0.2) is 0 Å². The van der Waals surface area contributed by atoms with Gasteiger partial charge in [-0.15, -0.1) is 0 Å². The molecule has 12 heterocycles. The van der Waals surface area contributed by atoms with Crippen LogP contribution in [0.3, 0.4) is 0 Å². The third-order valence-corrected chi connectivity index (χ3v) is 23.2. The molecule has 0 aliphatic carbocycles. The van der Waals surface area contributed by atoms with Gasteiger partial charge in [0.2, 0.25) is 0 Å². The second-order valence-electron chi connectivity index (χ2n) is 31.9. The fourth-order valence-corrected chi connectivity index (χ4v) is 16.3. The Kier molecular flexibility index (Phi) is 52.0. The molecule has 14 heteroatoms. The molecule has 0 spiro atoms. The van der Waals surface area contributed by atoms with Crippen molar-refractivity contribution in [2.75, 3.05) is 118 Å². The summed E-state index contributed by atoms with van der Waals surface area (Å²) in [6, 6.07) is 30.3. The number of rotatable bonds is 54. The molecule has 3 aromatic carbocycles. The molecule has 598 valence electrons. The average Bonchev–Trinajstić information content (AvgIpc) is 0.806. The van der Waals surface area contributed by atoms with Crippen LogP contribution in [-0.4, -0.2) is 194 Å². The zero-order valence-corrected chi connectivity index (χ0v) is 70.2. The quantitative estimate of drug-likeness (QED) is 0.0303. The van der Waals surface area contributed by atoms with Gasteiger partial charge in [0.1, 0.15) is 0 Å². The highest BCUT2D eigenvalue weighted by Gasteiger charge is 2.38. The van der Waals surface area contributed by atoms with Crippen LogP contribution in [0.15, 0.2) is 72.8 Å². The van der Waals surface area contributed by atoms with Crippen LogP contribution in [0.2, 0.25) is 0 Å². The van der Waals surface area contributed by atoms with Crippen LogP contribution in [0.1, 0.15) is 309 Å². The van der Waals surface area contributed by atoms with Crippen LogP contribution < -0.4 is 31.9 Å². The highest BCUT2D eigenvalue weighted by atomic mass is 15.5. The van der Waals surface area contributed by atoms with Crippen LogP contribution in [-0.2, 0) is 39.3 Å². The highest BCUT2D eigenvalue weighted by molar-refractivity contribution is 5.25. The van der Waals surface area contributed by atoms with Gasteiger partial charge in [-0.2, -0.15) is 0 Å². The fourth-order valence-electron chi connectivity index (χ4n) is 16.3. The number of nitrogens with zero attached hydrogens (tertiary/aromatic N) is 8. The van der Waals surface area contributed by atoms with Crippen molar-refractivity contribution >= 4 is 0 Å². The zero-order chi connectivity index (χ0) is 74.5. The van der Waals surface area contributed by atoms with Crippen molar-refractivity contribution < 1.29 is 0 Å². The highest BCUT2D eigenvalue weighted by Crippen LogP contribution is 2.30. The standard InChI is InChI=1S/C90H168N14/c1-13-19-25-31-55-91-61-37-67-97-73-85-43-45-86(46-44-85)76-100(70-40-64-94-58-34-28-22-16-4)82(10)104-83(11)101(71-41-65-95-59-35-29-23-17-5)77-89-51-47-87(48-52-89)74-98(68-38-62-92-56-32-26-20-14-2)80(8)103(79(97)7)81(9)99(69-39-63-93-57-33-27-21-15-3)75-88-49-53-90(54-50-88)78-102(84(104)12)72-42-66-96-60-36-30-24-18-6/h43-54,79-84,91-96H,13-42,55-78H2,1-12H3. The maximum atomic E-state index is 3.92. The molecule has 6 unspecified atom stereocenters. The van der Waals surface area contributed by atoms with Crippen molar-refractivity contribution in [3.8, 4) is 0 Å². The van der Waals surface area contributed by atoms with Gasteiger partial charge >= 0.3 is 0 Å². The van der Waals surface area contributed by atoms with E-state index in [0.717, 1.165) is 196 Å². The Labute approximate surface area is 643 Å². The lowest BCUT2D eigenvalue weighted by Crippen LogP contribution is -2.62. The first-order chi connectivity index (χ1) is 51.0. The summed E-state index contributed by atoms with van der Waals surface area (Å²) in [4.78, 5) is 23.2. The minimum absolute atomic E-state index is 0.138. The van der Waals surface area contributed by atoms with Gasteiger partial charge in [0, 0.05) is 78.5 Å². The van der Waals surface area contributed by atoms with Crippen LogP contribution in [0.4, 0.5) is 0 Å². The minimum atomic E-state index is 0.138. The van der Waals surface area contributed by atoms with Crippen molar-refractivity contribution in [2.24, 2.45) is 0 Å². The lowest BCUT2D eigenvalue weighted by Gasteiger charge is -2.51. The van der Waals surface area contributed by atoms with Crippen molar-refractivity contribution in [3.63, 3.8) is 0 Å². The molecule has 6 N–H and O–H groups in total. The van der Waals surface area contributed by atoms with E-state index in [-0.39, 0.29) is 37.0 Å². The first-order valence-electron chi connectivity index (χ1n) is 44.4. The molecule has 0 aromatic heterocycles. The normalized spacial score (nSPS) is 21.3. The molecule has 104 heavy (non-hydrogen) atoms. The van der Waals surface area contributed by atoms with E-state index in [1.54, 1.807) is 0 Å². The topological polar surface area (TPSA) is 98.1 Å². The first kappa shape index (κ1) is 91.7. The lowest BCUT2D eigenvalue weighted by atomic mass is 10.1. The predicted molar refractivity (Wildman–Crippen MR) is 452 cm³/mol. The van der Waals surface area contributed by atoms with Crippen molar-refractivity contribution in [1.29, 1.82) is 0 Å². The number of benzene rings is 3. The molecule has 14 nitrogen and oxygen atoms in total. The van der Waals surface area contributed by atoms with E-state index in [2.05, 4.69) is 227 Å². The van der Waals surface area contributed by atoms with Gasteiger partial charge in [-0.1, -0.05) is 230 Å². The number of hydrogen-bond acceptors (Lipinski definition) is 14. The van der Waals surface area contributed by atoms with Crippen LogP contribution in [0.25, 0.3) is 0 Å². The average molecular weight is 1450 g/mol. The van der Waals surface area contributed by atoms with Gasteiger partial charge in [-0.05, 0) is 231 Å². The molecule has 12 aliphatic heterocycles. The first-order valence-corrected chi connectivity index (χ1v) is 44.4. The van der Waals surface area contributed by atoms with Crippen LogP contribution >= 0.6 is 0 Å². The molecule has 0 amide bonds. The van der Waals surface area contributed by atoms with Gasteiger partial charge < -0.3 is 31.9 Å². The third kappa shape index (κ3) is 37.7. The maximum absolute atomic E-state index is 3.92. The monoisotopic (exact) mass is 1450 g/mol. The number of nitrogens with one attached hydrogen (secondary N) is 6. The van der Waals surface area contributed by atoms with E-state index in [1.165, 1.54) is 187 Å². The fraction of sp³-hybridized carbons (Fsp3) is 0.800. The Morgan fingerprint density at radius 2 is 0.337 bits per heavy atom. The van der Waals surface area contributed by atoms with E-state index in [4.69, 9.17) is 0 Å². The second kappa shape index (κ2) is 59.0. The molecule has 0 saturated carbocycles. The molecular weight excluding hydrogens is 1280 g/mol. The summed E-state index contributed by atoms with van der Waals surface area (Å²) < 4.78 is 0. The Morgan fingerprint density at radius 1 is 0.202 bits per heavy atom. The Hall–Kier alpha value is -2.90. The smallest absolute Gasteiger partial charge is 0.0624 e. The zero-order valence-electron chi connectivity index (χ0n) is 70.2. The molecule has 12 aliphatic rings. The lowest BCUT2D eigenvalue weighted by molar-refractivity contribution is -0.107. The summed E-state index contributed by atoms with van der Waals surface area (Å²) in [7, 11) is 0. The Bertz CT molecular complexity index is 2000. The van der Waals surface area contributed by atoms with E-state index in [9.17, 15) is 0 Å². The van der Waals surface area contributed by atoms with Crippen molar-refractivity contribution in [3.05, 3.63) is 106 Å². The molecule has 6 atom stereocenters. The summed E-state index contributed by atoms with van der Waals surface area (Å²) in [6.45, 7) is 53.9. The minimum Gasteiger partial charge on any atom is -0.317 e. The summed E-state index contributed by atoms with van der Waals surface area (Å²) in [5, 5.41) is 23.5. The van der Waals surface area contributed by atoms with E-state index < -0.39 is 0 Å². The molecule has 8 bridgehead atoms. The summed E-state index contributed by atoms with van der Waals surface area (Å²) in [5.74, 6) is 0. The summed E-state index contributed by atoms with van der Waals surface area (Å²) in [6.07, 6.45) is 38.6. The van der Waals surface area contributed by atoms with Crippen LogP contribution in [0.5, 0.6) is 0 Å². The molecule has 3 aromatic rings. The van der Waals surface area contributed by atoms with Gasteiger partial charge in [0.25, 0.3) is 0 Å². The number of hydrogen-bond donors (Lipinski definition) is 6. The molecule has 0 fully saturated rings. The predicted octanol–water partition coefficient (Wildman–Crippen LogP) is 18.0. The van der Waals surface area contributed by atoms with Crippen molar-refractivity contribution in [1.82, 2.24) is 71.1 Å². The molecule has 0 saturated heterocycles. The summed E-state index contributed by atoms with van der Waals surface area (Å²) >= 11 is 0. The summed E-state index contributed by atoms with van der Waals surface area (Å²) in [5.41, 5.74) is 8.47. The molecule has 15 rings (SSSR count). The molecule has 0 radical (unpaired) electrons. The molecular formula is C90H168N14. The van der Waals surface area contributed by atoms with Gasteiger partial charge in [-0.3, -0.25) is 39.2 Å². The van der Waals surface area contributed by atoms with Gasteiger partial charge in [-0.25, -0.2) is 0 Å². The number of unbranched alkanes of at least 4 members (excludes halogenated alkanes) is 18. The van der Waals surface area contributed by atoms with E-state index in [1.807, 2.05) is 0 Å². The maximum Gasteiger partial charge on any atom is 0.0624 e. The van der Waals surface area contributed by atoms with Crippen LogP contribution in [0, 0.1) is 0 Å². The van der Waals surface area contributed by atoms with E-state index >= 15 is 0 Å².